The van der Waals surface area contributed by atoms with Crippen molar-refractivity contribution in [3.63, 3.8) is 0 Å². The van der Waals surface area contributed by atoms with E-state index in [1.54, 1.807) is 45.9 Å². The Morgan fingerprint density at radius 1 is 1.02 bits per heavy atom. The van der Waals surface area contributed by atoms with Crippen molar-refractivity contribution in [3.05, 3.63) is 69.6 Å². The van der Waals surface area contributed by atoms with E-state index >= 15 is 0 Å². The number of phenolic OH excluding ortho intramolecular Hbond substituents is 2. The van der Waals surface area contributed by atoms with Gasteiger partial charge < -0.3 is 64.3 Å². The number of amides is 1. The normalized spacial score (nSPS) is 28.8. The van der Waals surface area contributed by atoms with E-state index in [0.717, 1.165) is 0 Å². The highest BCUT2D eigenvalue weighted by atomic mass is 16.7. The Bertz CT molecular complexity index is 2650. The Labute approximate surface area is 381 Å². The molecule has 4 aliphatic heterocycles. The number of nitrogens with one attached hydrogen (secondary N) is 1. The molecule has 0 saturated heterocycles. The molecule has 0 unspecified atom stereocenters. The molecule has 0 spiro atoms. The molecule has 7 N–H and O–H groups in total. The quantitative estimate of drug-likeness (QED) is 0.0376. The lowest BCUT2D eigenvalue weighted by Gasteiger charge is -2.38. The zero-order valence-electron chi connectivity index (χ0n) is 38.8. The molecule has 0 aromatic heterocycles. The molecular weight excluding hydrogens is 857 g/mol. The number of esters is 1. The molecule has 18 nitrogen and oxygen atoms in total. The van der Waals surface area contributed by atoms with Crippen LogP contribution in [0.15, 0.2) is 62.6 Å². The Kier molecular flexibility index (Phi) is 14.7. The number of nitrogens with zero attached hydrogens (tertiary/aromatic N) is 3. The second-order valence-corrected chi connectivity index (χ2v) is 17.4. The summed E-state index contributed by atoms with van der Waals surface area (Å²) in [6.45, 7) is 15.1. The molecule has 1 amide bonds. The number of aromatic hydroxyl groups is 2. The number of aromatic nitrogens is 1. The third-order valence-electron chi connectivity index (χ3n) is 12.8. The molecule has 5 bridgehead atoms. The number of benzene rings is 3. The summed E-state index contributed by atoms with van der Waals surface area (Å²) < 4.78 is 30.6. The van der Waals surface area contributed by atoms with Crippen LogP contribution in [0.25, 0.3) is 33.3 Å². The van der Waals surface area contributed by atoms with Crippen molar-refractivity contribution in [1.29, 1.82) is 0 Å². The molecular formula is C48H60N4O14. The number of fused-ring (bicyclic) bond motifs is 14. The summed E-state index contributed by atoms with van der Waals surface area (Å²) in [5.74, 6) is -7.06. The summed E-state index contributed by atoms with van der Waals surface area (Å²) in [5, 5.41) is 72.8. The number of anilines is 2. The van der Waals surface area contributed by atoms with Crippen LogP contribution in [0.2, 0.25) is 0 Å². The number of carbonyl (C=O) groups is 2. The first-order valence-electron chi connectivity index (χ1n) is 21.9. The third-order valence-corrected chi connectivity index (χ3v) is 12.8. The van der Waals surface area contributed by atoms with Gasteiger partial charge in [-0.15, -0.1) is 0 Å². The van der Waals surface area contributed by atoms with E-state index in [2.05, 4.69) is 10.5 Å². The SMILES string of the molecule is CCCN(CCO)c1cc(O)c2nc3c4c5c6c(C)c(O)c4c(=O)c(c-3oc2c1)NC(=O)/C(C)=C\C=C\[C@H](C)[C@H](O)[C@@H](C)[C@@H](O)[C@@H](C)[C@H](OC(C)=O)[C@H](C)[C@@H](OC)/C=C/O[C@@](C)(O6)/C5=N\O. The molecule has 356 valence electrons. The van der Waals surface area contributed by atoms with Gasteiger partial charge in [-0.2, -0.15) is 0 Å². The van der Waals surface area contributed by atoms with Crippen molar-refractivity contribution in [3.8, 4) is 28.7 Å². The Hall–Kier alpha value is -6.21. The average molecular weight is 917 g/mol. The fraction of sp³-hybridized carbons (Fsp3) is 0.479. The van der Waals surface area contributed by atoms with E-state index in [9.17, 15) is 45.1 Å². The molecule has 0 radical (unpaired) electrons. The molecule has 66 heavy (non-hydrogen) atoms. The van der Waals surface area contributed by atoms with Crippen molar-refractivity contribution in [2.75, 3.05) is 37.0 Å². The van der Waals surface area contributed by atoms with E-state index < -0.39 is 82.6 Å². The highest BCUT2D eigenvalue weighted by Gasteiger charge is 2.49. The average Bonchev–Trinajstić information content (AvgIpc) is 3.58. The molecule has 0 saturated carbocycles. The minimum atomic E-state index is -1.95. The highest BCUT2D eigenvalue weighted by Crippen LogP contribution is 2.51. The minimum Gasteiger partial charge on any atom is -0.507 e. The number of allylic oxidation sites excluding steroid dienone is 2. The molecule has 7 rings (SSSR count). The molecule has 4 heterocycles. The summed E-state index contributed by atoms with van der Waals surface area (Å²) in [6, 6.07) is 3.04. The first kappa shape index (κ1) is 49.2. The van der Waals surface area contributed by atoms with Gasteiger partial charge in [-0.25, -0.2) is 4.98 Å². The number of methoxy groups -OCH3 is 1. The maximum Gasteiger partial charge on any atom is 0.302 e. The van der Waals surface area contributed by atoms with Crippen LogP contribution in [0.4, 0.5) is 11.4 Å². The Morgan fingerprint density at radius 2 is 1.73 bits per heavy atom. The van der Waals surface area contributed by atoms with E-state index in [1.165, 1.54) is 59.3 Å². The summed E-state index contributed by atoms with van der Waals surface area (Å²) in [5.41, 5.74) is -1.11. The predicted octanol–water partition coefficient (Wildman–Crippen LogP) is 5.86. The highest BCUT2D eigenvalue weighted by molar-refractivity contribution is 6.24. The number of oxime groups is 1. The van der Waals surface area contributed by atoms with Crippen molar-refractivity contribution in [2.24, 2.45) is 28.8 Å². The van der Waals surface area contributed by atoms with Crippen molar-refractivity contribution in [1.82, 2.24) is 4.98 Å². The van der Waals surface area contributed by atoms with Crippen molar-refractivity contribution < 1.29 is 63.7 Å². The number of ether oxygens (including phenoxy) is 4. The second-order valence-electron chi connectivity index (χ2n) is 17.4. The van der Waals surface area contributed by atoms with Crippen molar-refractivity contribution >= 4 is 50.8 Å². The topological polar surface area (TPSA) is 263 Å². The lowest BCUT2D eigenvalue weighted by Crippen LogP contribution is -2.46. The van der Waals surface area contributed by atoms with Crippen LogP contribution < -0.4 is 20.4 Å². The van der Waals surface area contributed by atoms with E-state index in [4.69, 9.17) is 28.3 Å². The van der Waals surface area contributed by atoms with Gasteiger partial charge in [-0.05, 0) is 26.3 Å². The van der Waals surface area contributed by atoms with Gasteiger partial charge in [0, 0.05) is 92.1 Å². The zero-order valence-corrected chi connectivity index (χ0v) is 38.8. The lowest BCUT2D eigenvalue weighted by molar-refractivity contribution is -0.160. The summed E-state index contributed by atoms with van der Waals surface area (Å²) >= 11 is 0. The Balaban J connectivity index is 1.64. The van der Waals surface area contributed by atoms with Gasteiger partial charge in [0.1, 0.15) is 40.3 Å². The second kappa shape index (κ2) is 19.7. The van der Waals surface area contributed by atoms with Crippen LogP contribution in [0.5, 0.6) is 17.2 Å². The van der Waals surface area contributed by atoms with E-state index in [-0.39, 0.29) is 80.4 Å². The Morgan fingerprint density at radius 3 is 2.36 bits per heavy atom. The fourth-order valence-electron chi connectivity index (χ4n) is 8.97. The molecule has 18 heteroatoms. The number of carbonyl (C=O) groups excluding carboxylic acids is 2. The first-order chi connectivity index (χ1) is 31.2. The van der Waals surface area contributed by atoms with Gasteiger partial charge in [0.05, 0.1) is 42.1 Å². The smallest absolute Gasteiger partial charge is 0.302 e. The molecule has 5 aliphatic rings. The van der Waals surface area contributed by atoms with Gasteiger partial charge in [0.15, 0.2) is 17.1 Å². The maximum atomic E-state index is 14.9. The molecule has 2 aromatic carbocycles. The summed E-state index contributed by atoms with van der Waals surface area (Å²) in [6.07, 6.45) is 4.16. The molecule has 0 fully saturated rings. The molecule has 9 atom stereocenters. The zero-order chi connectivity index (χ0) is 48.5. The van der Waals surface area contributed by atoms with Crippen molar-refractivity contribution in [2.45, 2.75) is 98.9 Å². The van der Waals surface area contributed by atoms with Crippen LogP contribution in [-0.4, -0.2) is 110 Å². The van der Waals surface area contributed by atoms with Crippen LogP contribution in [0.1, 0.15) is 72.9 Å². The monoisotopic (exact) mass is 916 g/mol. The minimum absolute atomic E-state index is 0.00638. The van der Waals surface area contributed by atoms with Gasteiger partial charge in [-0.1, -0.05) is 58.0 Å². The third kappa shape index (κ3) is 9.01. The van der Waals surface area contributed by atoms with Crippen LogP contribution >= 0.6 is 0 Å². The molecule has 1 aliphatic carbocycles. The van der Waals surface area contributed by atoms with Crippen LogP contribution in [0.3, 0.4) is 0 Å². The van der Waals surface area contributed by atoms with Crippen LogP contribution in [-0.2, 0) is 23.8 Å². The first-order valence-corrected chi connectivity index (χ1v) is 21.9. The number of aliphatic hydroxyl groups excluding tert-OH is 3. The lowest BCUT2D eigenvalue weighted by atomic mass is 9.78. The van der Waals surface area contributed by atoms with Gasteiger partial charge >= 0.3 is 5.97 Å². The van der Waals surface area contributed by atoms with Gasteiger partial charge in [0.2, 0.25) is 5.43 Å². The number of phenols is 2. The fourth-order valence-corrected chi connectivity index (χ4v) is 8.97. The standard InChI is InChI=1S/C48H60N4O14/c1-11-16-52(17-18-53)29-20-30(55)36-32(21-29)65-45-37(49-36)33-34-41(58)27(7)44-35(33)46(51-61)48(9,66-44)63-19-15-31(62-10)24(4)43(64-28(8)54)26(6)40(57)25(5)39(56)22(2)13-12-14-23(3)47(60)50-38(45)42(34)59/h12-15,19-22,24-26,31,39-40,43,53,55-58,61H,11,16-18H2,1-10H3,(H,50,60)/b13-12+,19-15+,23-14-,51-46-/t22-,24+,25+,26+,31-,39-,40+,43+,48-/m0/s1. The number of rotatable bonds is 7. The van der Waals surface area contributed by atoms with Gasteiger partial charge in [0.25, 0.3) is 11.7 Å². The van der Waals surface area contributed by atoms with Crippen LogP contribution in [0, 0.1) is 30.6 Å². The molecule has 2 aromatic rings. The van der Waals surface area contributed by atoms with Gasteiger partial charge in [-0.3, -0.25) is 14.4 Å². The summed E-state index contributed by atoms with van der Waals surface area (Å²) in [4.78, 5) is 48.0. The predicted molar refractivity (Wildman–Crippen MR) is 246 cm³/mol. The number of hydrogen-bond donors (Lipinski definition) is 7. The van der Waals surface area contributed by atoms with E-state index in [1.807, 2.05) is 11.8 Å². The van der Waals surface area contributed by atoms with E-state index in [0.29, 0.717) is 18.7 Å². The summed E-state index contributed by atoms with van der Waals surface area (Å²) in [7, 11) is 1.43. The number of aliphatic hydroxyl groups is 3. The largest absolute Gasteiger partial charge is 0.507 e. The number of hydrogen-bond acceptors (Lipinski definition) is 17. The maximum absolute atomic E-state index is 14.9.